The third kappa shape index (κ3) is 5.38. The molecule has 0 aliphatic rings. The van der Waals surface area contributed by atoms with Crippen LogP contribution in [0.15, 0.2) is 72.1 Å². The van der Waals surface area contributed by atoms with Crippen LogP contribution in [0, 0.1) is 6.92 Å². The lowest BCUT2D eigenvalue weighted by molar-refractivity contribution is -0.119. The maximum atomic E-state index is 12.7. The molecule has 0 fully saturated rings. The highest BCUT2D eigenvalue weighted by Gasteiger charge is 2.19. The zero-order valence-corrected chi connectivity index (χ0v) is 20.3. The Morgan fingerprint density at radius 1 is 1.09 bits per heavy atom. The number of nitrogens with one attached hydrogen (secondary N) is 1. The molecule has 0 bridgehead atoms. The number of amides is 1. The molecule has 0 saturated carbocycles. The van der Waals surface area contributed by atoms with Crippen molar-refractivity contribution in [2.45, 2.75) is 25.0 Å². The van der Waals surface area contributed by atoms with Crippen molar-refractivity contribution in [3.8, 4) is 17.1 Å². The molecule has 1 N–H and O–H groups in total. The number of pyridine rings is 1. The lowest BCUT2D eigenvalue weighted by atomic mass is 10.1. The van der Waals surface area contributed by atoms with Gasteiger partial charge in [0.15, 0.2) is 11.0 Å². The first-order chi connectivity index (χ1) is 15.9. The molecule has 1 atom stereocenters. The Labute approximate surface area is 206 Å². The normalized spacial score (nSPS) is 11.9. The van der Waals surface area contributed by atoms with Gasteiger partial charge in [0.25, 0.3) is 0 Å². The van der Waals surface area contributed by atoms with Crippen molar-refractivity contribution in [3.05, 3.63) is 88.2 Å². The second-order valence-electron chi connectivity index (χ2n) is 7.41. The standard InChI is InChI=1S/C24H21Cl2N5OS/c1-15-5-3-4-6-21(15)31-23(17-9-11-27-12-10-17)29-30-24(31)33-14-22(32)28-16(2)19-8-7-18(25)13-20(19)26/h3-13,16H,14H2,1-2H3,(H,28,32). The fourth-order valence-corrected chi connectivity index (χ4v) is 4.75. The molecule has 1 amide bonds. The van der Waals surface area contributed by atoms with Crippen LogP contribution in [-0.4, -0.2) is 31.4 Å². The van der Waals surface area contributed by atoms with E-state index < -0.39 is 0 Å². The fourth-order valence-electron chi connectivity index (χ4n) is 3.43. The second kappa shape index (κ2) is 10.4. The number of thioether (sulfide) groups is 1. The molecule has 2 aromatic heterocycles. The summed E-state index contributed by atoms with van der Waals surface area (Å²) in [6.45, 7) is 3.92. The van der Waals surface area contributed by atoms with Gasteiger partial charge in [-0.05, 0) is 55.3 Å². The molecule has 0 aliphatic heterocycles. The van der Waals surface area contributed by atoms with Crippen LogP contribution in [-0.2, 0) is 4.79 Å². The van der Waals surface area contributed by atoms with Crippen LogP contribution in [0.3, 0.4) is 0 Å². The average Bonchev–Trinajstić information content (AvgIpc) is 3.22. The predicted molar refractivity (Wildman–Crippen MR) is 133 cm³/mol. The SMILES string of the molecule is Cc1ccccc1-n1c(SCC(=O)NC(C)c2ccc(Cl)cc2Cl)nnc1-c1ccncc1. The highest BCUT2D eigenvalue weighted by molar-refractivity contribution is 7.99. The second-order valence-corrected chi connectivity index (χ2v) is 9.19. The van der Waals surface area contributed by atoms with Gasteiger partial charge in [-0.1, -0.05) is 59.2 Å². The third-order valence-electron chi connectivity index (χ3n) is 5.07. The van der Waals surface area contributed by atoms with Crippen molar-refractivity contribution in [2.75, 3.05) is 5.75 Å². The zero-order chi connectivity index (χ0) is 23.4. The van der Waals surface area contributed by atoms with Crippen molar-refractivity contribution in [2.24, 2.45) is 0 Å². The van der Waals surface area contributed by atoms with Gasteiger partial charge in [-0.15, -0.1) is 10.2 Å². The Morgan fingerprint density at radius 2 is 1.85 bits per heavy atom. The third-order valence-corrected chi connectivity index (χ3v) is 6.56. The van der Waals surface area contributed by atoms with Gasteiger partial charge in [-0.3, -0.25) is 14.3 Å². The van der Waals surface area contributed by atoms with E-state index in [1.165, 1.54) is 11.8 Å². The van der Waals surface area contributed by atoms with Crippen LogP contribution in [0.5, 0.6) is 0 Å². The Balaban J connectivity index is 1.55. The summed E-state index contributed by atoms with van der Waals surface area (Å²) < 4.78 is 1.97. The highest BCUT2D eigenvalue weighted by Crippen LogP contribution is 2.30. The summed E-state index contributed by atoms with van der Waals surface area (Å²) in [5.74, 6) is 0.731. The largest absolute Gasteiger partial charge is 0.349 e. The summed E-state index contributed by atoms with van der Waals surface area (Å²) in [6.07, 6.45) is 3.44. The monoisotopic (exact) mass is 497 g/mol. The van der Waals surface area contributed by atoms with E-state index in [-0.39, 0.29) is 17.7 Å². The van der Waals surface area contributed by atoms with Crippen LogP contribution in [0.2, 0.25) is 10.0 Å². The summed E-state index contributed by atoms with van der Waals surface area (Å²) >= 11 is 13.6. The Hall–Kier alpha value is -2.87. The van der Waals surface area contributed by atoms with E-state index in [0.29, 0.717) is 21.0 Å². The summed E-state index contributed by atoms with van der Waals surface area (Å²) in [4.78, 5) is 16.8. The number of nitrogens with zero attached hydrogens (tertiary/aromatic N) is 4. The molecular formula is C24H21Cl2N5OS. The minimum Gasteiger partial charge on any atom is -0.349 e. The fraction of sp³-hybridized carbons (Fsp3) is 0.167. The van der Waals surface area contributed by atoms with Gasteiger partial charge >= 0.3 is 0 Å². The molecule has 2 heterocycles. The van der Waals surface area contributed by atoms with Crippen LogP contribution < -0.4 is 5.32 Å². The van der Waals surface area contributed by atoms with Gasteiger partial charge < -0.3 is 5.32 Å². The molecule has 0 saturated heterocycles. The number of rotatable bonds is 7. The summed E-state index contributed by atoms with van der Waals surface area (Å²) in [7, 11) is 0. The molecule has 33 heavy (non-hydrogen) atoms. The lowest BCUT2D eigenvalue weighted by Gasteiger charge is -2.16. The van der Waals surface area contributed by atoms with E-state index in [4.69, 9.17) is 23.2 Å². The molecular weight excluding hydrogens is 477 g/mol. The van der Waals surface area contributed by atoms with Gasteiger partial charge in [0.2, 0.25) is 5.91 Å². The van der Waals surface area contributed by atoms with Crippen molar-refractivity contribution in [3.63, 3.8) is 0 Å². The molecule has 0 aliphatic carbocycles. The number of aryl methyl sites for hydroxylation is 1. The first-order valence-electron chi connectivity index (χ1n) is 10.2. The number of hydrogen-bond acceptors (Lipinski definition) is 5. The lowest BCUT2D eigenvalue weighted by Crippen LogP contribution is -2.28. The van der Waals surface area contributed by atoms with E-state index in [9.17, 15) is 4.79 Å². The molecule has 1 unspecified atom stereocenters. The van der Waals surface area contributed by atoms with Crippen LogP contribution in [0.4, 0.5) is 0 Å². The van der Waals surface area contributed by atoms with Gasteiger partial charge in [0.05, 0.1) is 17.5 Å². The minimum atomic E-state index is -0.260. The molecule has 9 heteroatoms. The maximum absolute atomic E-state index is 12.7. The van der Waals surface area contributed by atoms with E-state index in [0.717, 1.165) is 22.4 Å². The molecule has 4 rings (SSSR count). The summed E-state index contributed by atoms with van der Waals surface area (Å²) in [5.41, 5.74) is 3.73. The molecule has 2 aromatic carbocycles. The van der Waals surface area contributed by atoms with E-state index in [1.54, 1.807) is 24.5 Å². The minimum absolute atomic E-state index is 0.136. The van der Waals surface area contributed by atoms with E-state index in [2.05, 4.69) is 20.5 Å². The van der Waals surface area contributed by atoms with Gasteiger partial charge in [-0.25, -0.2) is 0 Å². The summed E-state index contributed by atoms with van der Waals surface area (Å²) in [6, 6.07) is 16.8. The number of para-hydroxylation sites is 1. The Bertz CT molecular complexity index is 1280. The van der Waals surface area contributed by atoms with E-state index >= 15 is 0 Å². The summed E-state index contributed by atoms with van der Waals surface area (Å²) in [5, 5.41) is 13.5. The van der Waals surface area contributed by atoms with Crippen molar-refractivity contribution in [1.29, 1.82) is 0 Å². The van der Waals surface area contributed by atoms with Gasteiger partial charge in [-0.2, -0.15) is 0 Å². The van der Waals surface area contributed by atoms with Crippen LogP contribution >= 0.6 is 35.0 Å². The average molecular weight is 498 g/mol. The van der Waals surface area contributed by atoms with Gasteiger partial charge in [0.1, 0.15) is 0 Å². The molecule has 6 nitrogen and oxygen atoms in total. The number of halogens is 2. The van der Waals surface area contributed by atoms with E-state index in [1.807, 2.05) is 60.9 Å². The quantitative estimate of drug-likeness (QED) is 0.321. The molecule has 168 valence electrons. The smallest absolute Gasteiger partial charge is 0.230 e. The molecule has 4 aromatic rings. The highest BCUT2D eigenvalue weighted by atomic mass is 35.5. The number of carbonyl (C=O) groups excluding carboxylic acids is 1. The van der Waals surface area contributed by atoms with Crippen LogP contribution in [0.25, 0.3) is 17.1 Å². The number of aromatic nitrogens is 4. The Morgan fingerprint density at radius 3 is 2.58 bits per heavy atom. The number of carbonyl (C=O) groups is 1. The number of hydrogen-bond donors (Lipinski definition) is 1. The number of benzene rings is 2. The van der Waals surface area contributed by atoms with Crippen molar-refractivity contribution < 1.29 is 4.79 Å². The van der Waals surface area contributed by atoms with Gasteiger partial charge in [0, 0.05) is 28.0 Å². The predicted octanol–water partition coefficient (Wildman–Crippen LogP) is 5.91. The van der Waals surface area contributed by atoms with Crippen molar-refractivity contribution in [1.82, 2.24) is 25.1 Å². The molecule has 0 radical (unpaired) electrons. The topological polar surface area (TPSA) is 72.7 Å². The Kier molecular flexibility index (Phi) is 7.33. The first-order valence-corrected chi connectivity index (χ1v) is 12.0. The first kappa shape index (κ1) is 23.3. The van der Waals surface area contributed by atoms with Crippen molar-refractivity contribution >= 4 is 40.9 Å². The maximum Gasteiger partial charge on any atom is 0.230 e. The molecule has 0 spiro atoms. The van der Waals surface area contributed by atoms with Crippen LogP contribution in [0.1, 0.15) is 24.1 Å². The zero-order valence-electron chi connectivity index (χ0n) is 18.0.